The summed E-state index contributed by atoms with van der Waals surface area (Å²) in [6.07, 6.45) is -1.51. The molecule has 0 aromatic heterocycles. The van der Waals surface area contributed by atoms with E-state index >= 15 is 0 Å². The van der Waals surface area contributed by atoms with Crippen LogP contribution < -0.4 is 10.6 Å². The molecule has 2 aliphatic rings. The number of alkyl halides is 3. The van der Waals surface area contributed by atoms with Crippen molar-refractivity contribution in [1.82, 2.24) is 15.5 Å². The van der Waals surface area contributed by atoms with Crippen LogP contribution in [0.3, 0.4) is 0 Å². The quantitative estimate of drug-likeness (QED) is 0.221. The van der Waals surface area contributed by atoms with E-state index in [1.807, 2.05) is 60.7 Å². The molecular weight excluding hydrogens is 623 g/mol. The van der Waals surface area contributed by atoms with Gasteiger partial charge < -0.3 is 20.3 Å². The first-order valence-corrected chi connectivity index (χ1v) is 15.8. The number of esters is 1. The standard InChI is InChI=1S/C37H38F3N3O5/c1-36(2,3)48-30(44)20-29(33(45)41-21-24-13-10-16-26(19-24)37(38,39)40)43-28(18-17-23-11-6-4-7-12-23)32(35(43)47)31-27(22-42-34(31)46)25-14-8-5-9-15-25/h4-19,27-29,31-32H,20-22H2,1-3H3,(H,41,45)(H,42,46)/t27-,28-,29+,31?,32-/m0/s1. The molecule has 8 nitrogen and oxygen atoms in total. The molecule has 2 saturated heterocycles. The van der Waals surface area contributed by atoms with Crippen molar-refractivity contribution >= 4 is 29.8 Å². The van der Waals surface area contributed by atoms with Crippen molar-refractivity contribution in [2.45, 2.75) is 63.5 Å². The molecule has 252 valence electrons. The van der Waals surface area contributed by atoms with Crippen molar-refractivity contribution in [1.29, 1.82) is 0 Å². The fourth-order valence-electron chi connectivity index (χ4n) is 6.37. The number of nitrogens with zero attached hydrogens (tertiary/aromatic N) is 1. The van der Waals surface area contributed by atoms with Gasteiger partial charge in [-0.1, -0.05) is 84.9 Å². The summed E-state index contributed by atoms with van der Waals surface area (Å²) in [6.45, 7) is 5.08. The first kappa shape index (κ1) is 34.4. The van der Waals surface area contributed by atoms with Gasteiger partial charge in [0.1, 0.15) is 11.6 Å². The van der Waals surface area contributed by atoms with Gasteiger partial charge in [0.25, 0.3) is 0 Å². The molecule has 2 heterocycles. The fourth-order valence-corrected chi connectivity index (χ4v) is 6.37. The lowest BCUT2D eigenvalue weighted by atomic mass is 9.70. The Morgan fingerprint density at radius 1 is 0.958 bits per heavy atom. The Morgan fingerprint density at radius 2 is 1.62 bits per heavy atom. The normalized spacial score (nSPS) is 21.8. The highest BCUT2D eigenvalue weighted by Crippen LogP contribution is 2.45. The van der Waals surface area contributed by atoms with Crippen LogP contribution in [-0.2, 0) is 36.6 Å². The summed E-state index contributed by atoms with van der Waals surface area (Å²) in [5, 5.41) is 5.52. The molecule has 5 atom stereocenters. The number of benzene rings is 3. The lowest BCUT2D eigenvalue weighted by molar-refractivity contribution is -0.171. The zero-order valence-corrected chi connectivity index (χ0v) is 26.9. The minimum atomic E-state index is -4.57. The van der Waals surface area contributed by atoms with Crippen LogP contribution in [0.5, 0.6) is 0 Å². The Kier molecular flexibility index (Phi) is 10.1. The Labute approximate surface area is 277 Å². The number of amides is 3. The number of carbonyl (C=O) groups excluding carboxylic acids is 4. The number of halogens is 3. The fraction of sp³-hybridized carbons (Fsp3) is 0.351. The third-order valence-electron chi connectivity index (χ3n) is 8.50. The number of nitrogens with one attached hydrogen (secondary N) is 2. The predicted octanol–water partition coefficient (Wildman–Crippen LogP) is 5.49. The second-order valence-electron chi connectivity index (χ2n) is 13.0. The molecule has 1 unspecified atom stereocenters. The summed E-state index contributed by atoms with van der Waals surface area (Å²) >= 11 is 0. The number of rotatable bonds is 10. The summed E-state index contributed by atoms with van der Waals surface area (Å²) in [7, 11) is 0. The highest BCUT2D eigenvalue weighted by Gasteiger charge is 2.59. The Morgan fingerprint density at radius 3 is 2.27 bits per heavy atom. The molecule has 0 aliphatic carbocycles. The maximum absolute atomic E-state index is 14.2. The van der Waals surface area contributed by atoms with Gasteiger partial charge in [0.2, 0.25) is 17.7 Å². The van der Waals surface area contributed by atoms with Crippen molar-refractivity contribution in [2.75, 3.05) is 6.54 Å². The van der Waals surface area contributed by atoms with E-state index in [0.717, 1.165) is 23.3 Å². The lowest BCUT2D eigenvalue weighted by Crippen LogP contribution is -2.69. The van der Waals surface area contributed by atoms with Gasteiger partial charge in [-0.05, 0) is 49.6 Å². The second kappa shape index (κ2) is 14.0. The van der Waals surface area contributed by atoms with Gasteiger partial charge in [-0.15, -0.1) is 0 Å². The third kappa shape index (κ3) is 7.95. The third-order valence-corrected chi connectivity index (χ3v) is 8.50. The average Bonchev–Trinajstić information content (AvgIpc) is 3.41. The molecule has 2 aliphatic heterocycles. The topological polar surface area (TPSA) is 105 Å². The van der Waals surface area contributed by atoms with E-state index < -0.39 is 65.5 Å². The van der Waals surface area contributed by atoms with Crippen molar-refractivity contribution in [3.8, 4) is 0 Å². The second-order valence-corrected chi connectivity index (χ2v) is 13.0. The molecular formula is C37H38F3N3O5. The minimum absolute atomic E-state index is 0.191. The molecule has 0 spiro atoms. The largest absolute Gasteiger partial charge is 0.460 e. The number of carbonyl (C=O) groups is 4. The van der Waals surface area contributed by atoms with Crippen molar-refractivity contribution < 1.29 is 37.1 Å². The first-order valence-electron chi connectivity index (χ1n) is 15.8. The minimum Gasteiger partial charge on any atom is -0.460 e. The summed E-state index contributed by atoms with van der Waals surface area (Å²) in [5.41, 5.74) is 0.158. The summed E-state index contributed by atoms with van der Waals surface area (Å²) in [4.78, 5) is 55.8. The monoisotopic (exact) mass is 661 g/mol. The number of hydrogen-bond donors (Lipinski definition) is 2. The lowest BCUT2D eigenvalue weighted by Gasteiger charge is -2.51. The number of β-lactam (4-membered cyclic amide) rings is 1. The SMILES string of the molecule is CC(C)(C)OC(=O)C[C@H](C(=O)NCc1cccc(C(F)(F)F)c1)N1C(=O)[C@H](C2C(=O)NC[C@H]2c2ccccc2)[C@@H]1C=Cc1ccccc1. The molecule has 11 heteroatoms. The first-order chi connectivity index (χ1) is 22.7. The van der Waals surface area contributed by atoms with E-state index in [-0.39, 0.29) is 23.9 Å². The van der Waals surface area contributed by atoms with E-state index in [9.17, 15) is 32.3 Å². The molecule has 3 aromatic rings. The van der Waals surface area contributed by atoms with Gasteiger partial charge >= 0.3 is 12.1 Å². The Bertz CT molecular complexity index is 1670. The van der Waals surface area contributed by atoms with Crippen LogP contribution in [0.1, 0.15) is 55.4 Å². The average molecular weight is 662 g/mol. The van der Waals surface area contributed by atoms with Gasteiger partial charge in [0.05, 0.1) is 29.9 Å². The van der Waals surface area contributed by atoms with Gasteiger partial charge in [-0.25, -0.2) is 0 Å². The zero-order chi connectivity index (χ0) is 34.6. The predicted molar refractivity (Wildman–Crippen MR) is 173 cm³/mol. The molecule has 2 N–H and O–H groups in total. The van der Waals surface area contributed by atoms with Crippen molar-refractivity contribution in [2.24, 2.45) is 11.8 Å². The molecule has 5 rings (SSSR count). The van der Waals surface area contributed by atoms with E-state index in [1.54, 1.807) is 32.9 Å². The van der Waals surface area contributed by atoms with Crippen LogP contribution in [0.15, 0.2) is 91.0 Å². The Balaban J connectivity index is 1.48. The van der Waals surface area contributed by atoms with Crippen molar-refractivity contribution in [3.63, 3.8) is 0 Å². The molecule has 2 fully saturated rings. The van der Waals surface area contributed by atoms with Crippen LogP contribution >= 0.6 is 0 Å². The van der Waals surface area contributed by atoms with Crippen LogP contribution in [0.4, 0.5) is 13.2 Å². The van der Waals surface area contributed by atoms with Gasteiger partial charge in [-0.2, -0.15) is 13.2 Å². The molecule has 48 heavy (non-hydrogen) atoms. The van der Waals surface area contributed by atoms with Gasteiger partial charge in [0.15, 0.2) is 0 Å². The maximum Gasteiger partial charge on any atom is 0.416 e. The maximum atomic E-state index is 14.2. The van der Waals surface area contributed by atoms with Gasteiger partial charge in [-0.3, -0.25) is 19.2 Å². The van der Waals surface area contributed by atoms with E-state index in [1.165, 1.54) is 17.0 Å². The summed E-state index contributed by atoms with van der Waals surface area (Å²) in [6, 6.07) is 21.1. The van der Waals surface area contributed by atoms with Crippen LogP contribution in [0, 0.1) is 11.8 Å². The van der Waals surface area contributed by atoms with Crippen LogP contribution in [-0.4, -0.2) is 52.8 Å². The van der Waals surface area contributed by atoms with Gasteiger partial charge in [0, 0.05) is 19.0 Å². The summed E-state index contributed by atoms with van der Waals surface area (Å²) < 4.78 is 45.5. The summed E-state index contributed by atoms with van der Waals surface area (Å²) in [5.74, 6) is -4.11. The number of likely N-dealkylation sites (tertiary alicyclic amines) is 1. The van der Waals surface area contributed by atoms with Crippen LogP contribution in [0.2, 0.25) is 0 Å². The highest BCUT2D eigenvalue weighted by atomic mass is 19.4. The molecule has 0 bridgehead atoms. The molecule has 3 amide bonds. The molecule has 3 aromatic carbocycles. The van der Waals surface area contributed by atoms with Crippen LogP contribution in [0.25, 0.3) is 6.08 Å². The highest BCUT2D eigenvalue weighted by molar-refractivity contribution is 5.99. The molecule has 0 radical (unpaired) electrons. The van der Waals surface area contributed by atoms with E-state index in [4.69, 9.17) is 4.74 Å². The van der Waals surface area contributed by atoms with Crippen molar-refractivity contribution in [3.05, 3.63) is 113 Å². The Hall–Kier alpha value is -4.93. The zero-order valence-electron chi connectivity index (χ0n) is 26.9. The molecule has 0 saturated carbocycles. The number of ether oxygens (including phenoxy) is 1. The number of hydrogen-bond acceptors (Lipinski definition) is 5. The van der Waals surface area contributed by atoms with E-state index in [0.29, 0.717) is 6.54 Å². The van der Waals surface area contributed by atoms with E-state index in [2.05, 4.69) is 10.6 Å². The smallest absolute Gasteiger partial charge is 0.416 e.